The standard InChI is InChI=1S/C19H14F2N2O2.ClH/c20-14-8-13-10(4-5-15(13)22)17(21)16(14)18(24)11-2-1-3-12-9(11)6-7-23-19(12)25;/h1-3,6-8,15H,4-5,22H2,(H,23,25);1H. The van der Waals surface area contributed by atoms with Gasteiger partial charge in [0.15, 0.2) is 5.78 Å². The molecule has 0 amide bonds. The second-order valence-corrected chi connectivity index (χ2v) is 6.16. The molecule has 0 fully saturated rings. The lowest BCUT2D eigenvalue weighted by Gasteiger charge is -2.12. The minimum absolute atomic E-state index is 0. The molecule has 2 aromatic carbocycles. The molecule has 0 aliphatic heterocycles. The van der Waals surface area contributed by atoms with Gasteiger partial charge in [-0.25, -0.2) is 8.78 Å². The van der Waals surface area contributed by atoms with Gasteiger partial charge in [-0.2, -0.15) is 0 Å². The third-order valence-electron chi connectivity index (χ3n) is 4.75. The van der Waals surface area contributed by atoms with E-state index in [9.17, 15) is 18.4 Å². The van der Waals surface area contributed by atoms with Crippen LogP contribution in [0.15, 0.2) is 41.3 Å². The van der Waals surface area contributed by atoms with Gasteiger partial charge in [0.2, 0.25) is 0 Å². The summed E-state index contributed by atoms with van der Waals surface area (Å²) in [4.78, 5) is 27.3. The van der Waals surface area contributed by atoms with Gasteiger partial charge in [0, 0.05) is 23.2 Å². The van der Waals surface area contributed by atoms with Crippen molar-refractivity contribution in [1.29, 1.82) is 0 Å². The van der Waals surface area contributed by atoms with E-state index in [2.05, 4.69) is 4.98 Å². The molecule has 0 spiro atoms. The van der Waals surface area contributed by atoms with Gasteiger partial charge in [-0.3, -0.25) is 9.59 Å². The summed E-state index contributed by atoms with van der Waals surface area (Å²) in [5.41, 5.74) is 5.70. The topological polar surface area (TPSA) is 76.0 Å². The van der Waals surface area contributed by atoms with Crippen molar-refractivity contribution in [1.82, 2.24) is 4.98 Å². The highest BCUT2D eigenvalue weighted by Gasteiger charge is 2.30. The number of carbonyl (C=O) groups excluding carboxylic acids is 1. The largest absolute Gasteiger partial charge is 0.329 e. The number of aromatic nitrogens is 1. The molecule has 1 atom stereocenters. The number of pyridine rings is 1. The summed E-state index contributed by atoms with van der Waals surface area (Å²) in [6.07, 6.45) is 2.29. The molecule has 3 aromatic rings. The molecule has 0 radical (unpaired) electrons. The molecule has 26 heavy (non-hydrogen) atoms. The average molecular weight is 377 g/mol. The summed E-state index contributed by atoms with van der Waals surface area (Å²) < 4.78 is 29.3. The van der Waals surface area contributed by atoms with E-state index in [0.29, 0.717) is 29.4 Å². The van der Waals surface area contributed by atoms with Gasteiger partial charge in [-0.15, -0.1) is 12.4 Å². The molecule has 0 bridgehead atoms. The van der Waals surface area contributed by atoms with Crippen molar-refractivity contribution in [3.63, 3.8) is 0 Å². The molecule has 4 nitrogen and oxygen atoms in total. The molecule has 1 aromatic heterocycles. The normalized spacial score (nSPS) is 15.6. The van der Waals surface area contributed by atoms with Gasteiger partial charge in [0.05, 0.1) is 5.56 Å². The lowest BCUT2D eigenvalue weighted by molar-refractivity contribution is 0.103. The summed E-state index contributed by atoms with van der Waals surface area (Å²) in [7, 11) is 0. The first-order valence-corrected chi connectivity index (χ1v) is 7.90. The fourth-order valence-electron chi connectivity index (χ4n) is 3.48. The SMILES string of the molecule is Cl.NC1CCc2c1cc(F)c(C(=O)c1cccc3c(=O)[nH]ccc13)c2F. The van der Waals surface area contributed by atoms with Crippen LogP contribution >= 0.6 is 12.4 Å². The Bertz CT molecular complexity index is 1090. The van der Waals surface area contributed by atoms with Crippen LogP contribution in [0, 0.1) is 11.6 Å². The fraction of sp³-hybridized carbons (Fsp3) is 0.158. The molecule has 1 heterocycles. The first-order valence-electron chi connectivity index (χ1n) is 7.90. The number of rotatable bonds is 2. The second kappa shape index (κ2) is 6.63. The van der Waals surface area contributed by atoms with Crippen molar-refractivity contribution in [2.24, 2.45) is 5.73 Å². The maximum Gasteiger partial charge on any atom is 0.255 e. The highest BCUT2D eigenvalue weighted by molar-refractivity contribution is 6.16. The number of hydrogen-bond acceptors (Lipinski definition) is 3. The lowest BCUT2D eigenvalue weighted by Crippen LogP contribution is -2.13. The Kier molecular flexibility index (Phi) is 4.64. The summed E-state index contributed by atoms with van der Waals surface area (Å²) in [5.74, 6) is -2.57. The summed E-state index contributed by atoms with van der Waals surface area (Å²) in [5, 5.41) is 0.643. The van der Waals surface area contributed by atoms with Crippen LogP contribution in [0.25, 0.3) is 10.8 Å². The van der Waals surface area contributed by atoms with E-state index in [0.717, 1.165) is 6.07 Å². The zero-order valence-electron chi connectivity index (χ0n) is 13.5. The van der Waals surface area contributed by atoms with E-state index in [1.54, 1.807) is 12.1 Å². The minimum atomic E-state index is -0.930. The molecule has 1 unspecified atom stereocenters. The Morgan fingerprint density at radius 2 is 1.96 bits per heavy atom. The van der Waals surface area contributed by atoms with Crippen molar-refractivity contribution in [3.8, 4) is 0 Å². The number of ketones is 1. The van der Waals surface area contributed by atoms with Crippen LogP contribution in [0.1, 0.15) is 39.5 Å². The average Bonchev–Trinajstić information content (AvgIpc) is 2.96. The molecule has 1 aliphatic rings. The van der Waals surface area contributed by atoms with Crippen LogP contribution in [-0.4, -0.2) is 10.8 Å². The molecule has 3 N–H and O–H groups in total. The molecular formula is C19H15ClF2N2O2. The van der Waals surface area contributed by atoms with E-state index >= 15 is 0 Å². The first-order chi connectivity index (χ1) is 12.0. The lowest BCUT2D eigenvalue weighted by atomic mass is 9.94. The van der Waals surface area contributed by atoms with Crippen molar-refractivity contribution < 1.29 is 13.6 Å². The first kappa shape index (κ1) is 18.2. The molecule has 7 heteroatoms. The number of hydrogen-bond donors (Lipinski definition) is 2. The van der Waals surface area contributed by atoms with Crippen molar-refractivity contribution in [3.05, 3.63) is 80.8 Å². The molecule has 134 valence electrons. The predicted molar refractivity (Wildman–Crippen MR) is 96.9 cm³/mol. The van der Waals surface area contributed by atoms with E-state index in [1.807, 2.05) is 0 Å². The van der Waals surface area contributed by atoms with E-state index in [4.69, 9.17) is 5.73 Å². The molecule has 4 rings (SSSR count). The maximum absolute atomic E-state index is 14.8. The van der Waals surface area contributed by atoms with Crippen LogP contribution in [0.5, 0.6) is 0 Å². The monoisotopic (exact) mass is 376 g/mol. The molecular weight excluding hydrogens is 362 g/mol. The zero-order valence-corrected chi connectivity index (χ0v) is 14.3. The van der Waals surface area contributed by atoms with Gasteiger partial charge in [0.25, 0.3) is 5.56 Å². The maximum atomic E-state index is 14.8. The zero-order chi connectivity index (χ0) is 17.7. The Labute approximate surface area is 153 Å². The summed E-state index contributed by atoms with van der Waals surface area (Å²) in [6.45, 7) is 0. The Hall–Kier alpha value is -2.57. The number of aromatic amines is 1. The Morgan fingerprint density at radius 1 is 1.19 bits per heavy atom. The Morgan fingerprint density at radius 3 is 2.73 bits per heavy atom. The number of nitrogens with one attached hydrogen (secondary N) is 1. The third kappa shape index (κ3) is 2.62. The number of fused-ring (bicyclic) bond motifs is 2. The quantitative estimate of drug-likeness (QED) is 0.673. The van der Waals surface area contributed by atoms with Crippen LogP contribution in [0.2, 0.25) is 0 Å². The number of H-pyrrole nitrogens is 1. The number of halogens is 3. The summed E-state index contributed by atoms with van der Waals surface area (Å²) >= 11 is 0. The smallest absolute Gasteiger partial charge is 0.255 e. The van der Waals surface area contributed by atoms with Crippen LogP contribution < -0.4 is 11.3 Å². The third-order valence-corrected chi connectivity index (χ3v) is 4.75. The highest BCUT2D eigenvalue weighted by Crippen LogP contribution is 2.35. The molecule has 0 saturated carbocycles. The van der Waals surface area contributed by atoms with Crippen LogP contribution in [0.3, 0.4) is 0 Å². The summed E-state index contributed by atoms with van der Waals surface area (Å²) in [6, 6.07) is 6.81. The number of nitrogens with two attached hydrogens (primary N) is 1. The predicted octanol–water partition coefficient (Wildman–Crippen LogP) is 3.41. The van der Waals surface area contributed by atoms with Crippen molar-refractivity contribution in [2.45, 2.75) is 18.9 Å². The van der Waals surface area contributed by atoms with Crippen molar-refractivity contribution in [2.75, 3.05) is 0 Å². The second-order valence-electron chi connectivity index (χ2n) is 6.16. The van der Waals surface area contributed by atoms with Crippen LogP contribution in [0.4, 0.5) is 8.78 Å². The molecule has 1 aliphatic carbocycles. The van der Waals surface area contributed by atoms with E-state index in [1.165, 1.54) is 18.3 Å². The van der Waals surface area contributed by atoms with Gasteiger partial charge >= 0.3 is 0 Å². The molecule has 0 saturated heterocycles. The Balaban J connectivity index is 0.00000196. The van der Waals surface area contributed by atoms with E-state index in [-0.39, 0.29) is 28.9 Å². The van der Waals surface area contributed by atoms with Crippen LogP contribution in [-0.2, 0) is 6.42 Å². The van der Waals surface area contributed by atoms with Gasteiger partial charge < -0.3 is 10.7 Å². The number of carbonyl (C=O) groups is 1. The van der Waals surface area contributed by atoms with Gasteiger partial charge in [-0.1, -0.05) is 12.1 Å². The number of benzene rings is 2. The highest BCUT2D eigenvalue weighted by atomic mass is 35.5. The van der Waals surface area contributed by atoms with Gasteiger partial charge in [0.1, 0.15) is 11.6 Å². The van der Waals surface area contributed by atoms with E-state index < -0.39 is 29.0 Å². The van der Waals surface area contributed by atoms with Gasteiger partial charge in [-0.05, 0) is 47.6 Å². The fourth-order valence-corrected chi connectivity index (χ4v) is 3.48. The minimum Gasteiger partial charge on any atom is -0.329 e. The van der Waals surface area contributed by atoms with Crippen molar-refractivity contribution >= 4 is 29.0 Å².